The molecule has 1 aromatic carbocycles. The molecule has 0 radical (unpaired) electrons. The van der Waals surface area contributed by atoms with Crippen LogP contribution in [0.5, 0.6) is 5.75 Å². The highest BCUT2D eigenvalue weighted by Crippen LogP contribution is 2.22. The first-order valence-corrected chi connectivity index (χ1v) is 8.89. The van der Waals surface area contributed by atoms with E-state index in [1.54, 1.807) is 11.1 Å². The number of rotatable bonds is 5. The molecule has 29 heavy (non-hydrogen) atoms. The van der Waals surface area contributed by atoms with E-state index in [1.807, 2.05) is 18.2 Å². The van der Waals surface area contributed by atoms with Gasteiger partial charge in [-0.1, -0.05) is 6.07 Å². The highest BCUT2D eigenvalue weighted by atomic mass is 19.4. The second kappa shape index (κ2) is 8.80. The highest BCUT2D eigenvalue weighted by molar-refractivity contribution is 5.96. The topological polar surface area (TPSA) is 74.8 Å². The molecule has 2 aromatic rings. The Morgan fingerprint density at radius 3 is 2.31 bits per heavy atom. The quantitative estimate of drug-likeness (QED) is 0.820. The third-order valence-corrected chi connectivity index (χ3v) is 4.36. The number of carbonyl (C=O) groups is 2. The molecular weight excluding hydrogens is 389 g/mol. The molecule has 1 saturated heterocycles. The average Bonchev–Trinajstić information content (AvgIpc) is 2.72. The van der Waals surface area contributed by atoms with Crippen molar-refractivity contribution in [3.05, 3.63) is 54.2 Å². The van der Waals surface area contributed by atoms with Crippen LogP contribution in [0.2, 0.25) is 0 Å². The van der Waals surface area contributed by atoms with E-state index in [1.165, 1.54) is 12.1 Å². The van der Waals surface area contributed by atoms with Crippen LogP contribution in [-0.2, 0) is 4.79 Å². The molecule has 0 spiro atoms. The maximum Gasteiger partial charge on any atom is 0.573 e. The number of nitrogens with one attached hydrogen (secondary N) is 1. The summed E-state index contributed by atoms with van der Waals surface area (Å²) in [5.74, 6) is -0.346. The Labute approximate surface area is 165 Å². The molecule has 2 heterocycles. The Balaban J connectivity index is 1.45. The number of carbonyl (C=O) groups excluding carboxylic acids is 2. The summed E-state index contributed by atoms with van der Waals surface area (Å²) in [7, 11) is 0. The number of piperazine rings is 1. The number of alkyl halides is 3. The lowest BCUT2D eigenvalue weighted by molar-refractivity contribution is -0.274. The summed E-state index contributed by atoms with van der Waals surface area (Å²) in [6.07, 6.45) is -3.08. The fraction of sp³-hybridized carbons (Fsp3) is 0.316. The third kappa shape index (κ3) is 5.84. The van der Waals surface area contributed by atoms with E-state index < -0.39 is 18.0 Å². The van der Waals surface area contributed by atoms with Crippen molar-refractivity contribution in [3.63, 3.8) is 0 Å². The zero-order valence-electron chi connectivity index (χ0n) is 15.4. The Bertz CT molecular complexity index is 836. The molecule has 0 unspecified atom stereocenters. The van der Waals surface area contributed by atoms with Crippen molar-refractivity contribution in [1.29, 1.82) is 0 Å². The van der Waals surface area contributed by atoms with Crippen molar-refractivity contribution in [1.82, 2.24) is 15.2 Å². The number of amides is 2. The van der Waals surface area contributed by atoms with E-state index in [0.29, 0.717) is 26.2 Å². The highest BCUT2D eigenvalue weighted by Gasteiger charge is 2.31. The molecule has 0 saturated carbocycles. The molecule has 0 aliphatic carbocycles. The van der Waals surface area contributed by atoms with Crippen LogP contribution < -0.4 is 15.0 Å². The molecule has 0 atom stereocenters. The van der Waals surface area contributed by atoms with Crippen LogP contribution in [0.15, 0.2) is 48.7 Å². The number of benzene rings is 1. The van der Waals surface area contributed by atoms with E-state index in [4.69, 9.17) is 0 Å². The minimum atomic E-state index is -4.79. The van der Waals surface area contributed by atoms with E-state index in [2.05, 4.69) is 19.9 Å². The lowest BCUT2D eigenvalue weighted by atomic mass is 10.2. The second-order valence-corrected chi connectivity index (χ2v) is 6.31. The van der Waals surface area contributed by atoms with Gasteiger partial charge in [0, 0.05) is 37.9 Å². The number of hydrogen-bond donors (Lipinski definition) is 1. The summed E-state index contributed by atoms with van der Waals surface area (Å²) in [5, 5.41) is 2.49. The van der Waals surface area contributed by atoms with Gasteiger partial charge in [-0.25, -0.2) is 4.98 Å². The van der Waals surface area contributed by atoms with Gasteiger partial charge in [0.25, 0.3) is 5.91 Å². The van der Waals surface area contributed by atoms with Gasteiger partial charge in [-0.2, -0.15) is 0 Å². The van der Waals surface area contributed by atoms with Crippen LogP contribution >= 0.6 is 0 Å². The fourth-order valence-electron chi connectivity index (χ4n) is 2.90. The first-order chi connectivity index (χ1) is 13.8. The van der Waals surface area contributed by atoms with Gasteiger partial charge in [-0.15, -0.1) is 13.2 Å². The van der Waals surface area contributed by atoms with Crippen LogP contribution in [-0.4, -0.2) is 60.8 Å². The first kappa shape index (κ1) is 20.4. The summed E-state index contributed by atoms with van der Waals surface area (Å²) in [6, 6.07) is 10.1. The molecule has 7 nitrogen and oxygen atoms in total. The summed E-state index contributed by atoms with van der Waals surface area (Å²) in [5.41, 5.74) is 0.132. The molecule has 1 aliphatic heterocycles. The van der Waals surface area contributed by atoms with Crippen LogP contribution in [0, 0.1) is 0 Å². The maximum absolute atomic E-state index is 12.3. The van der Waals surface area contributed by atoms with E-state index >= 15 is 0 Å². The van der Waals surface area contributed by atoms with E-state index in [0.717, 1.165) is 18.0 Å². The molecule has 1 N–H and O–H groups in total. The lowest BCUT2D eigenvalue weighted by Gasteiger charge is -2.35. The SMILES string of the molecule is O=C(NCC(=O)N1CCN(c2ccccn2)CC1)c1ccc(OC(F)(F)F)cc1. The Hall–Kier alpha value is -3.30. The molecule has 10 heteroatoms. The van der Waals surface area contributed by atoms with Crippen LogP contribution in [0.25, 0.3) is 0 Å². The van der Waals surface area contributed by atoms with Gasteiger partial charge >= 0.3 is 6.36 Å². The normalized spacial score (nSPS) is 14.4. The number of aromatic nitrogens is 1. The number of nitrogens with zero attached hydrogens (tertiary/aromatic N) is 3. The van der Waals surface area contributed by atoms with E-state index in [-0.39, 0.29) is 18.0 Å². The van der Waals surface area contributed by atoms with E-state index in [9.17, 15) is 22.8 Å². The molecule has 3 rings (SSSR count). The number of pyridine rings is 1. The van der Waals surface area contributed by atoms with Crippen molar-refractivity contribution in [3.8, 4) is 5.75 Å². The zero-order chi connectivity index (χ0) is 20.9. The molecule has 0 bridgehead atoms. The second-order valence-electron chi connectivity index (χ2n) is 6.31. The number of hydrogen-bond acceptors (Lipinski definition) is 5. The number of anilines is 1. The van der Waals surface area contributed by atoms with Crippen LogP contribution in [0.3, 0.4) is 0 Å². The molecule has 154 valence electrons. The van der Waals surface area contributed by atoms with Gasteiger partial charge < -0.3 is 19.9 Å². The number of halogens is 3. The fourth-order valence-corrected chi connectivity index (χ4v) is 2.90. The Morgan fingerprint density at radius 1 is 1.03 bits per heavy atom. The van der Waals surface area contributed by atoms with Gasteiger partial charge in [-0.05, 0) is 36.4 Å². The molecule has 1 aromatic heterocycles. The third-order valence-electron chi connectivity index (χ3n) is 4.36. The zero-order valence-corrected chi connectivity index (χ0v) is 15.4. The Kier molecular flexibility index (Phi) is 6.20. The predicted octanol–water partition coefficient (Wildman–Crippen LogP) is 2.06. The summed E-state index contributed by atoms with van der Waals surface area (Å²) in [4.78, 5) is 32.4. The monoisotopic (exact) mass is 408 g/mol. The number of ether oxygens (including phenoxy) is 1. The van der Waals surface area contributed by atoms with Gasteiger partial charge in [0.15, 0.2) is 0 Å². The van der Waals surface area contributed by atoms with Gasteiger partial charge in [0.1, 0.15) is 11.6 Å². The van der Waals surface area contributed by atoms with Crippen LogP contribution in [0.1, 0.15) is 10.4 Å². The molecule has 1 aliphatic rings. The maximum atomic E-state index is 12.3. The molecular formula is C19H19F3N4O3. The standard InChI is InChI=1S/C19H19F3N4O3/c20-19(21,22)29-15-6-4-14(5-7-15)18(28)24-13-17(27)26-11-9-25(10-12-26)16-3-1-2-8-23-16/h1-8H,9-13H2,(H,24,28). The first-order valence-electron chi connectivity index (χ1n) is 8.89. The van der Waals surface area contributed by atoms with Crippen molar-refractivity contribution < 1.29 is 27.5 Å². The average molecular weight is 408 g/mol. The van der Waals surface area contributed by atoms with Crippen molar-refractivity contribution in [2.24, 2.45) is 0 Å². The summed E-state index contributed by atoms with van der Waals surface area (Å²) < 4.78 is 40.2. The summed E-state index contributed by atoms with van der Waals surface area (Å²) >= 11 is 0. The predicted molar refractivity (Wildman–Crippen MR) is 98.5 cm³/mol. The van der Waals surface area contributed by atoms with Gasteiger partial charge in [0.2, 0.25) is 5.91 Å². The van der Waals surface area contributed by atoms with Crippen molar-refractivity contribution in [2.75, 3.05) is 37.6 Å². The van der Waals surface area contributed by atoms with Crippen LogP contribution in [0.4, 0.5) is 19.0 Å². The van der Waals surface area contributed by atoms with Gasteiger partial charge in [0.05, 0.1) is 6.54 Å². The smallest absolute Gasteiger partial charge is 0.406 e. The summed E-state index contributed by atoms with van der Waals surface area (Å²) in [6.45, 7) is 2.10. The van der Waals surface area contributed by atoms with Crippen molar-refractivity contribution in [2.45, 2.75) is 6.36 Å². The molecule has 1 fully saturated rings. The molecule has 2 amide bonds. The lowest BCUT2D eigenvalue weighted by Crippen LogP contribution is -2.51. The minimum absolute atomic E-state index is 0.132. The van der Waals surface area contributed by atoms with Gasteiger partial charge in [-0.3, -0.25) is 9.59 Å². The van der Waals surface area contributed by atoms with Crippen molar-refractivity contribution >= 4 is 17.6 Å². The Morgan fingerprint density at radius 2 is 1.72 bits per heavy atom. The largest absolute Gasteiger partial charge is 0.573 e. The minimum Gasteiger partial charge on any atom is -0.406 e.